The van der Waals surface area contributed by atoms with E-state index in [1.54, 1.807) is 0 Å². The molecule has 1 heterocycles. The Morgan fingerprint density at radius 2 is 1.50 bits per heavy atom. The normalized spacial score (nSPS) is 13.8. The van der Waals surface area contributed by atoms with Crippen molar-refractivity contribution in [3.63, 3.8) is 0 Å². The van der Waals surface area contributed by atoms with Crippen molar-refractivity contribution < 1.29 is 9.59 Å². The summed E-state index contributed by atoms with van der Waals surface area (Å²) in [5.74, 6) is -0.526. The second-order valence-corrected chi connectivity index (χ2v) is 8.42. The molecule has 0 saturated heterocycles. The SMILES string of the molecule is Cc1ccc(C2=C(Nc3cccc(C)c3C)C(=O)N(CCc3ccccc3)C2=O)cc1C. The molecule has 0 unspecified atom stereocenters. The lowest BCUT2D eigenvalue weighted by atomic mass is 9.99. The molecule has 0 atom stereocenters. The van der Waals surface area contributed by atoms with Crippen LogP contribution in [0.15, 0.2) is 72.4 Å². The number of anilines is 1. The third-order valence-corrected chi connectivity index (χ3v) is 6.29. The maximum absolute atomic E-state index is 13.5. The first-order chi connectivity index (χ1) is 15.4. The molecule has 0 saturated carbocycles. The molecule has 0 aliphatic carbocycles. The minimum atomic E-state index is -0.278. The molecule has 0 fully saturated rings. The van der Waals surface area contributed by atoms with Crippen molar-refractivity contribution in [2.45, 2.75) is 34.1 Å². The summed E-state index contributed by atoms with van der Waals surface area (Å²) in [7, 11) is 0. The van der Waals surface area contributed by atoms with Gasteiger partial charge in [0.05, 0.1) is 5.57 Å². The average Bonchev–Trinajstić information content (AvgIpc) is 3.02. The quantitative estimate of drug-likeness (QED) is 0.542. The number of carbonyl (C=O) groups excluding carboxylic acids is 2. The zero-order valence-corrected chi connectivity index (χ0v) is 19.0. The lowest BCUT2D eigenvalue weighted by molar-refractivity contribution is -0.136. The number of amides is 2. The minimum absolute atomic E-state index is 0.248. The van der Waals surface area contributed by atoms with E-state index in [9.17, 15) is 9.59 Å². The number of nitrogens with zero attached hydrogens (tertiary/aromatic N) is 1. The molecule has 4 nitrogen and oxygen atoms in total. The van der Waals surface area contributed by atoms with E-state index in [2.05, 4.69) is 5.32 Å². The topological polar surface area (TPSA) is 49.4 Å². The molecular weight excluding hydrogens is 396 g/mol. The van der Waals surface area contributed by atoms with Crippen LogP contribution in [0.4, 0.5) is 5.69 Å². The predicted octanol–water partition coefficient (Wildman–Crippen LogP) is 5.35. The summed E-state index contributed by atoms with van der Waals surface area (Å²) in [6.45, 7) is 8.45. The Labute approximate surface area is 189 Å². The van der Waals surface area contributed by atoms with Gasteiger partial charge in [-0.2, -0.15) is 0 Å². The smallest absolute Gasteiger partial charge is 0.278 e. The monoisotopic (exact) mass is 424 g/mol. The molecule has 1 aliphatic heterocycles. The van der Waals surface area contributed by atoms with Gasteiger partial charge in [-0.1, -0.05) is 60.7 Å². The molecule has 0 bridgehead atoms. The lowest BCUT2D eigenvalue weighted by Crippen LogP contribution is -2.34. The fourth-order valence-corrected chi connectivity index (χ4v) is 3.97. The van der Waals surface area contributed by atoms with Gasteiger partial charge in [-0.25, -0.2) is 0 Å². The lowest BCUT2D eigenvalue weighted by Gasteiger charge is -2.16. The van der Waals surface area contributed by atoms with Crippen LogP contribution in [-0.4, -0.2) is 23.3 Å². The number of rotatable bonds is 6. The largest absolute Gasteiger partial charge is 0.350 e. The molecule has 1 N–H and O–H groups in total. The zero-order valence-electron chi connectivity index (χ0n) is 19.0. The first-order valence-electron chi connectivity index (χ1n) is 10.9. The zero-order chi connectivity index (χ0) is 22.8. The highest BCUT2D eigenvalue weighted by molar-refractivity contribution is 6.36. The average molecular weight is 425 g/mol. The molecule has 1 aliphatic rings. The Kier molecular flexibility index (Phi) is 5.95. The van der Waals surface area contributed by atoms with Crippen molar-refractivity contribution >= 4 is 23.1 Å². The number of imide groups is 1. The molecule has 3 aromatic rings. The van der Waals surface area contributed by atoms with Crippen molar-refractivity contribution in [2.24, 2.45) is 0 Å². The van der Waals surface area contributed by atoms with Crippen LogP contribution in [-0.2, 0) is 16.0 Å². The van der Waals surface area contributed by atoms with Crippen molar-refractivity contribution in [1.29, 1.82) is 0 Å². The van der Waals surface area contributed by atoms with Crippen LogP contribution in [0.2, 0.25) is 0 Å². The summed E-state index contributed by atoms with van der Waals surface area (Å²) in [6, 6.07) is 21.8. The second kappa shape index (κ2) is 8.83. The van der Waals surface area contributed by atoms with E-state index in [1.807, 2.05) is 94.4 Å². The van der Waals surface area contributed by atoms with E-state index >= 15 is 0 Å². The molecule has 0 radical (unpaired) electrons. The Morgan fingerprint density at radius 1 is 0.750 bits per heavy atom. The summed E-state index contributed by atoms with van der Waals surface area (Å²) < 4.78 is 0. The summed E-state index contributed by atoms with van der Waals surface area (Å²) in [4.78, 5) is 28.3. The molecule has 0 spiro atoms. The van der Waals surface area contributed by atoms with Gasteiger partial charge in [0, 0.05) is 12.2 Å². The highest BCUT2D eigenvalue weighted by Crippen LogP contribution is 2.32. The first kappa shape index (κ1) is 21.6. The van der Waals surface area contributed by atoms with E-state index in [4.69, 9.17) is 0 Å². The maximum atomic E-state index is 13.5. The highest BCUT2D eigenvalue weighted by Gasteiger charge is 2.39. The van der Waals surface area contributed by atoms with Crippen LogP contribution in [0.1, 0.15) is 33.4 Å². The van der Waals surface area contributed by atoms with Gasteiger partial charge < -0.3 is 5.32 Å². The highest BCUT2D eigenvalue weighted by atomic mass is 16.2. The van der Waals surface area contributed by atoms with E-state index in [-0.39, 0.29) is 11.8 Å². The fraction of sp³-hybridized carbons (Fsp3) is 0.214. The number of aryl methyl sites for hydroxylation is 3. The molecule has 0 aromatic heterocycles. The minimum Gasteiger partial charge on any atom is -0.350 e. The Balaban J connectivity index is 1.73. The molecule has 3 aromatic carbocycles. The van der Waals surface area contributed by atoms with Gasteiger partial charge in [-0.3, -0.25) is 14.5 Å². The fourth-order valence-electron chi connectivity index (χ4n) is 3.97. The van der Waals surface area contributed by atoms with E-state index < -0.39 is 0 Å². The number of nitrogens with one attached hydrogen (secondary N) is 1. The summed E-state index contributed by atoms with van der Waals surface area (Å²) in [6.07, 6.45) is 0.620. The molecule has 4 rings (SSSR count). The van der Waals surface area contributed by atoms with Crippen LogP contribution in [0.3, 0.4) is 0 Å². The van der Waals surface area contributed by atoms with Crippen molar-refractivity contribution in [1.82, 2.24) is 4.90 Å². The van der Waals surface area contributed by atoms with Crippen LogP contribution in [0.5, 0.6) is 0 Å². The van der Waals surface area contributed by atoms with Crippen molar-refractivity contribution in [3.8, 4) is 0 Å². The molecule has 2 amide bonds. The Bertz CT molecular complexity index is 1230. The summed E-state index contributed by atoms with van der Waals surface area (Å²) >= 11 is 0. The van der Waals surface area contributed by atoms with Gasteiger partial charge in [-0.05, 0) is 73.6 Å². The number of hydrogen-bond acceptors (Lipinski definition) is 3. The number of carbonyl (C=O) groups is 2. The third-order valence-electron chi connectivity index (χ3n) is 6.29. The van der Waals surface area contributed by atoms with E-state index in [0.29, 0.717) is 24.2 Å². The Hall–Kier alpha value is -3.66. The van der Waals surface area contributed by atoms with E-state index in [0.717, 1.165) is 39.1 Å². The van der Waals surface area contributed by atoms with Gasteiger partial charge in [0.15, 0.2) is 0 Å². The van der Waals surface area contributed by atoms with E-state index in [1.165, 1.54) is 4.90 Å². The van der Waals surface area contributed by atoms with Crippen LogP contribution >= 0.6 is 0 Å². The predicted molar refractivity (Wildman–Crippen MR) is 129 cm³/mol. The van der Waals surface area contributed by atoms with Crippen LogP contribution in [0, 0.1) is 27.7 Å². The van der Waals surface area contributed by atoms with Gasteiger partial charge in [0.25, 0.3) is 11.8 Å². The first-order valence-corrected chi connectivity index (χ1v) is 10.9. The molecule has 4 heteroatoms. The van der Waals surface area contributed by atoms with Gasteiger partial charge in [0.2, 0.25) is 0 Å². The summed E-state index contributed by atoms with van der Waals surface area (Å²) in [5.41, 5.74) is 7.90. The van der Waals surface area contributed by atoms with Crippen molar-refractivity contribution in [2.75, 3.05) is 11.9 Å². The van der Waals surface area contributed by atoms with Gasteiger partial charge in [0.1, 0.15) is 5.70 Å². The standard InChI is InChI=1S/C28H28N2O2/c1-18-13-14-23(17-20(18)3)25-26(29-24-12-8-9-19(2)21(24)4)28(32)30(27(25)31)16-15-22-10-6-5-7-11-22/h5-14,17,29H,15-16H2,1-4H3. The molecule has 162 valence electrons. The van der Waals surface area contributed by atoms with Crippen LogP contribution in [0.25, 0.3) is 5.57 Å². The maximum Gasteiger partial charge on any atom is 0.278 e. The van der Waals surface area contributed by atoms with Gasteiger partial charge >= 0.3 is 0 Å². The number of hydrogen-bond donors (Lipinski definition) is 1. The molecule has 32 heavy (non-hydrogen) atoms. The van der Waals surface area contributed by atoms with Crippen molar-refractivity contribution in [3.05, 3.63) is 106 Å². The second-order valence-electron chi connectivity index (χ2n) is 8.42. The Morgan fingerprint density at radius 3 is 2.22 bits per heavy atom. The molecular formula is C28H28N2O2. The number of benzene rings is 3. The van der Waals surface area contributed by atoms with Crippen LogP contribution < -0.4 is 5.32 Å². The summed E-state index contributed by atoms with van der Waals surface area (Å²) in [5, 5.41) is 3.31. The third kappa shape index (κ3) is 4.09. The van der Waals surface area contributed by atoms with Gasteiger partial charge in [-0.15, -0.1) is 0 Å².